The molecule has 2 aliphatic rings. The van der Waals surface area contributed by atoms with Gasteiger partial charge in [0.05, 0.1) is 11.6 Å². The van der Waals surface area contributed by atoms with E-state index in [1.54, 1.807) is 0 Å². The molecule has 0 radical (unpaired) electrons. The van der Waals surface area contributed by atoms with Gasteiger partial charge in [0.15, 0.2) is 0 Å². The van der Waals surface area contributed by atoms with Gasteiger partial charge in [-0.2, -0.15) is 4.99 Å². The van der Waals surface area contributed by atoms with Gasteiger partial charge in [0, 0.05) is 37.7 Å². The van der Waals surface area contributed by atoms with Crippen molar-refractivity contribution < 1.29 is 9.84 Å². The summed E-state index contributed by atoms with van der Waals surface area (Å²) >= 11 is 0. The van der Waals surface area contributed by atoms with E-state index < -0.39 is 0 Å². The predicted octanol–water partition coefficient (Wildman–Crippen LogP) is 3.62. The van der Waals surface area contributed by atoms with E-state index >= 15 is 0 Å². The monoisotopic (exact) mass is 468 g/mol. The van der Waals surface area contributed by atoms with Crippen molar-refractivity contribution in [2.45, 2.75) is 89.6 Å². The molecule has 1 saturated carbocycles. The van der Waals surface area contributed by atoms with Gasteiger partial charge in [0.1, 0.15) is 17.5 Å². The summed E-state index contributed by atoms with van der Waals surface area (Å²) in [5.41, 5.74) is 8.92. The number of nitrogens with zero attached hydrogens (tertiary/aromatic N) is 3. The topological polar surface area (TPSA) is 98.7 Å². The summed E-state index contributed by atoms with van der Waals surface area (Å²) in [5.74, 6) is 1.01. The van der Waals surface area contributed by atoms with Crippen LogP contribution in [0.1, 0.15) is 69.4 Å². The van der Waals surface area contributed by atoms with Gasteiger partial charge in [-0.15, -0.1) is 0 Å². The minimum atomic E-state index is -0.380. The number of nitrogens with two attached hydrogens (primary N) is 1. The maximum atomic E-state index is 8.72. The van der Waals surface area contributed by atoms with E-state index in [2.05, 4.69) is 46.4 Å². The molecule has 1 aliphatic heterocycles. The first-order valence-electron chi connectivity index (χ1n) is 13.0. The molecular weight excluding hydrogens is 426 g/mol. The molecule has 0 spiro atoms. The van der Waals surface area contributed by atoms with Crippen LogP contribution in [0.5, 0.6) is 0 Å². The molecule has 186 valence electrons. The van der Waals surface area contributed by atoms with Gasteiger partial charge in [0.2, 0.25) is 0 Å². The normalized spacial score (nSPS) is 23.8. The molecule has 3 unspecified atom stereocenters. The van der Waals surface area contributed by atoms with Crippen molar-refractivity contribution >= 4 is 22.6 Å². The maximum Gasteiger partial charge on any atom is 0.365 e. The van der Waals surface area contributed by atoms with E-state index in [9.17, 15) is 0 Å². The summed E-state index contributed by atoms with van der Waals surface area (Å²) in [6, 6.07) is 9.25. The molecule has 1 aromatic carbocycles. The van der Waals surface area contributed by atoms with Gasteiger partial charge in [-0.25, -0.2) is 4.98 Å². The Morgan fingerprint density at radius 3 is 2.71 bits per heavy atom. The van der Waals surface area contributed by atoms with E-state index in [0.717, 1.165) is 41.8 Å². The van der Waals surface area contributed by atoms with Crippen LogP contribution in [0.4, 0.5) is 5.82 Å². The summed E-state index contributed by atoms with van der Waals surface area (Å²) in [6.45, 7) is 5.67. The van der Waals surface area contributed by atoms with Crippen molar-refractivity contribution in [3.63, 3.8) is 0 Å². The number of hydrogen-bond acceptors (Lipinski definition) is 6. The van der Waals surface area contributed by atoms with Crippen molar-refractivity contribution in [3.05, 3.63) is 35.4 Å². The summed E-state index contributed by atoms with van der Waals surface area (Å²) in [4.78, 5) is 11.7. The fraction of sp³-hybridized carbons (Fsp3) is 0.630. The second-order valence-corrected chi connectivity index (χ2v) is 9.98. The van der Waals surface area contributed by atoms with Crippen molar-refractivity contribution in [3.8, 4) is 0 Å². The number of benzene rings is 1. The minimum absolute atomic E-state index is 0.0735. The molecule has 1 aliphatic carbocycles. The Morgan fingerprint density at radius 1 is 1.24 bits per heavy atom. The number of rotatable bonds is 7. The van der Waals surface area contributed by atoms with Crippen molar-refractivity contribution in [2.75, 3.05) is 25.1 Å². The number of hydrogen-bond donors (Lipinski definition) is 2. The van der Waals surface area contributed by atoms with E-state index in [0.29, 0.717) is 18.5 Å². The molecular formula is C27H42N5O2+. The Bertz CT molecular complexity index is 986. The molecule has 1 saturated heterocycles. The van der Waals surface area contributed by atoms with Crippen LogP contribution in [0.3, 0.4) is 0 Å². The van der Waals surface area contributed by atoms with E-state index in [-0.39, 0.29) is 18.2 Å². The number of piperidine rings is 1. The summed E-state index contributed by atoms with van der Waals surface area (Å²) < 4.78 is 5.98. The van der Waals surface area contributed by atoms with Crippen LogP contribution in [0, 0.1) is 6.92 Å². The molecule has 2 fully saturated rings. The van der Waals surface area contributed by atoms with Gasteiger partial charge in [0.25, 0.3) is 0 Å². The highest BCUT2D eigenvalue weighted by Crippen LogP contribution is 2.29. The Balaban J connectivity index is 1.61. The Hall–Kier alpha value is -2.22. The van der Waals surface area contributed by atoms with E-state index in [4.69, 9.17) is 20.6 Å². The summed E-state index contributed by atoms with van der Waals surface area (Å²) in [6.07, 6.45) is 9.28. The standard InChI is InChI=1S/C27H41N5O2/c1-4-25(28)31-27(33)21-16-19-15-18(2)11-12-22(19)30-26(21)32-14-13-23(24(17-32)34-3)29-20-9-7-5-6-8-10-20/h11-12,15-16,20,23-25,29H,4-10,13-14,17,28H2,1-3H3,(H,31,33)/p+1. The van der Waals surface area contributed by atoms with Gasteiger partial charge < -0.3 is 25.8 Å². The molecule has 2 aromatic rings. The molecule has 5 N–H and O–H groups in total. The second-order valence-electron chi connectivity index (χ2n) is 9.98. The molecule has 1 aromatic heterocycles. The number of fused-ring (bicyclic) bond motifs is 1. The lowest BCUT2D eigenvalue weighted by molar-refractivity contribution is 0.0546. The zero-order chi connectivity index (χ0) is 24.1. The van der Waals surface area contributed by atoms with Crippen LogP contribution in [0.15, 0.2) is 29.3 Å². The van der Waals surface area contributed by atoms with Crippen molar-refractivity contribution in [1.82, 2.24) is 10.3 Å². The Morgan fingerprint density at radius 2 is 2.00 bits per heavy atom. The molecule has 0 amide bonds. The molecule has 3 atom stereocenters. The van der Waals surface area contributed by atoms with Gasteiger partial charge in [-0.3, -0.25) is 0 Å². The predicted molar refractivity (Wildman–Crippen MR) is 141 cm³/mol. The van der Waals surface area contributed by atoms with E-state index in [1.165, 1.54) is 44.1 Å². The Labute approximate surface area is 203 Å². The van der Waals surface area contributed by atoms with Crippen molar-refractivity contribution in [2.24, 2.45) is 10.7 Å². The number of aromatic nitrogens is 1. The largest absolute Gasteiger partial charge is 0.578 e. The van der Waals surface area contributed by atoms with Gasteiger partial charge >= 0.3 is 5.90 Å². The molecule has 0 bridgehead atoms. The smallest absolute Gasteiger partial charge is 0.365 e. The first kappa shape index (κ1) is 24.9. The van der Waals surface area contributed by atoms with Gasteiger partial charge in [-0.1, -0.05) is 44.2 Å². The third kappa shape index (κ3) is 5.88. The number of aliphatic imine (C=N–C) groups is 1. The molecule has 4 rings (SSSR count). The lowest BCUT2D eigenvalue weighted by Crippen LogP contribution is -2.56. The lowest BCUT2D eigenvalue weighted by atomic mass is 9.98. The first-order chi connectivity index (χ1) is 16.5. The van der Waals surface area contributed by atoms with Crippen molar-refractivity contribution in [1.29, 1.82) is 0 Å². The number of nitrogens with one attached hydrogen (secondary N) is 1. The van der Waals surface area contributed by atoms with Crippen LogP contribution >= 0.6 is 0 Å². The second kappa shape index (κ2) is 11.5. The Kier molecular flexibility index (Phi) is 8.40. The number of pyridine rings is 1. The molecule has 7 nitrogen and oxygen atoms in total. The number of ether oxygens (including phenoxy) is 1. The summed E-state index contributed by atoms with van der Waals surface area (Å²) in [5, 5.41) is 13.7. The molecule has 7 heteroatoms. The quantitative estimate of drug-likeness (QED) is 0.280. The highest BCUT2D eigenvalue weighted by Gasteiger charge is 2.33. The number of methoxy groups -OCH3 is 1. The third-order valence-electron chi connectivity index (χ3n) is 7.38. The molecule has 34 heavy (non-hydrogen) atoms. The van der Waals surface area contributed by atoms with Crippen LogP contribution in [0.2, 0.25) is 0 Å². The summed E-state index contributed by atoms with van der Waals surface area (Å²) in [7, 11) is 1.81. The third-order valence-corrected chi connectivity index (χ3v) is 7.38. The number of aryl methyl sites for hydroxylation is 1. The fourth-order valence-corrected chi connectivity index (χ4v) is 5.31. The SMILES string of the molecule is CCC(N)/N=C(\[OH2+])c1cc2cc(C)ccc2nc1N1CCC(NC2CCCCCC2)C(OC)C1. The van der Waals surface area contributed by atoms with E-state index in [1.807, 2.05) is 14.0 Å². The van der Waals surface area contributed by atoms with Gasteiger partial charge in [-0.05, 0) is 50.8 Å². The van der Waals surface area contributed by atoms with Crippen LogP contribution in [-0.4, -0.2) is 60.5 Å². The molecule has 2 heterocycles. The average Bonchev–Trinajstić information content (AvgIpc) is 3.12. The van der Waals surface area contributed by atoms with Crippen LogP contribution in [0.25, 0.3) is 10.9 Å². The average molecular weight is 469 g/mol. The first-order valence-corrected chi connectivity index (χ1v) is 13.0. The highest BCUT2D eigenvalue weighted by atomic mass is 16.5. The number of anilines is 1. The fourth-order valence-electron chi connectivity index (χ4n) is 5.31. The lowest BCUT2D eigenvalue weighted by Gasteiger charge is -2.40. The minimum Gasteiger partial charge on any atom is -0.578 e. The van der Waals surface area contributed by atoms with Crippen LogP contribution < -0.4 is 16.0 Å². The highest BCUT2D eigenvalue weighted by molar-refractivity contribution is 6.01. The van der Waals surface area contributed by atoms with Crippen LogP contribution in [-0.2, 0) is 4.74 Å². The maximum absolute atomic E-state index is 8.72. The zero-order valence-corrected chi connectivity index (χ0v) is 21.0. The zero-order valence-electron chi connectivity index (χ0n) is 21.0.